The number of carbonyl (C=O) groups excluding carboxylic acids is 1. The molecule has 2 bridgehead atoms. The van der Waals surface area contributed by atoms with E-state index in [1.807, 2.05) is 12.1 Å². The van der Waals surface area contributed by atoms with Crippen LogP contribution in [0.25, 0.3) is 11.0 Å². The van der Waals surface area contributed by atoms with Crippen LogP contribution in [-0.2, 0) is 0 Å². The number of hydrogen-bond acceptors (Lipinski definition) is 3. The third kappa shape index (κ3) is 2.29. The molecular weight excluding hydrogens is 276 g/mol. The Hall–Kier alpha value is -1.88. The zero-order valence-electron chi connectivity index (χ0n) is 12.6. The quantitative estimate of drug-likeness (QED) is 0.794. The Labute approximate surface area is 129 Å². The van der Waals surface area contributed by atoms with Crippen molar-refractivity contribution in [1.29, 1.82) is 0 Å². The highest BCUT2D eigenvalue weighted by molar-refractivity contribution is 6.06. The van der Waals surface area contributed by atoms with Gasteiger partial charge in [0.1, 0.15) is 5.65 Å². The van der Waals surface area contributed by atoms with Crippen LogP contribution in [0.2, 0.25) is 0 Å². The van der Waals surface area contributed by atoms with Crippen molar-refractivity contribution in [2.24, 2.45) is 17.6 Å². The molecule has 2 aromatic heterocycles. The van der Waals surface area contributed by atoms with Gasteiger partial charge in [0.25, 0.3) is 5.91 Å². The number of H-pyrrole nitrogens is 1. The highest BCUT2D eigenvalue weighted by Crippen LogP contribution is 2.39. The molecule has 4 rings (SSSR count). The largest absolute Gasteiger partial charge is 0.349 e. The summed E-state index contributed by atoms with van der Waals surface area (Å²) in [5, 5.41) is 4.18. The second-order valence-corrected chi connectivity index (χ2v) is 6.78. The smallest absolute Gasteiger partial charge is 0.253 e. The number of nitrogens with zero attached hydrogens (tertiary/aromatic N) is 1. The van der Waals surface area contributed by atoms with Crippen molar-refractivity contribution in [3.8, 4) is 0 Å². The Morgan fingerprint density at radius 3 is 2.86 bits per heavy atom. The summed E-state index contributed by atoms with van der Waals surface area (Å²) in [6, 6.07) is 4.38. The van der Waals surface area contributed by atoms with E-state index in [-0.39, 0.29) is 11.9 Å². The zero-order valence-corrected chi connectivity index (χ0v) is 12.6. The molecule has 2 fully saturated rings. The minimum atomic E-state index is 0.0108. The average Bonchev–Trinajstić information content (AvgIpc) is 2.92. The SMILES string of the molecule is NC1CC2CCCC(C1)C2NC(=O)c1c[nH]c2ncccc12. The molecule has 2 saturated carbocycles. The highest BCUT2D eigenvalue weighted by Gasteiger charge is 2.40. The molecule has 0 radical (unpaired) electrons. The number of aromatic amines is 1. The molecule has 0 aromatic carbocycles. The molecule has 22 heavy (non-hydrogen) atoms. The van der Waals surface area contributed by atoms with Crippen LogP contribution >= 0.6 is 0 Å². The maximum atomic E-state index is 12.7. The third-order valence-electron chi connectivity index (χ3n) is 5.37. The molecule has 0 aliphatic heterocycles. The number of nitrogens with two attached hydrogens (primary N) is 1. The monoisotopic (exact) mass is 298 g/mol. The molecule has 2 aliphatic carbocycles. The number of fused-ring (bicyclic) bond motifs is 3. The van der Waals surface area contributed by atoms with Gasteiger partial charge in [-0.05, 0) is 49.7 Å². The predicted octanol–water partition coefficient (Wildman–Crippen LogP) is 2.20. The number of amides is 1. The van der Waals surface area contributed by atoms with Gasteiger partial charge in [-0.2, -0.15) is 0 Å². The fourth-order valence-corrected chi connectivity index (χ4v) is 4.40. The van der Waals surface area contributed by atoms with Crippen LogP contribution in [0.3, 0.4) is 0 Å². The average molecular weight is 298 g/mol. The number of carbonyl (C=O) groups is 1. The number of nitrogens with one attached hydrogen (secondary N) is 2. The normalized spacial score (nSPS) is 31.1. The van der Waals surface area contributed by atoms with Crippen molar-refractivity contribution in [2.45, 2.75) is 44.2 Å². The molecule has 5 heteroatoms. The number of pyridine rings is 1. The molecule has 4 N–H and O–H groups in total. The van der Waals surface area contributed by atoms with E-state index in [1.165, 1.54) is 19.3 Å². The van der Waals surface area contributed by atoms with Gasteiger partial charge >= 0.3 is 0 Å². The summed E-state index contributed by atoms with van der Waals surface area (Å²) >= 11 is 0. The number of rotatable bonds is 2. The first-order valence-electron chi connectivity index (χ1n) is 8.21. The summed E-state index contributed by atoms with van der Waals surface area (Å²) in [4.78, 5) is 20.0. The molecule has 2 atom stereocenters. The van der Waals surface area contributed by atoms with Gasteiger partial charge in [0.05, 0.1) is 5.56 Å². The maximum absolute atomic E-state index is 12.7. The van der Waals surface area contributed by atoms with Crippen LogP contribution in [-0.4, -0.2) is 28.0 Å². The minimum Gasteiger partial charge on any atom is -0.349 e. The number of aromatic nitrogens is 2. The summed E-state index contributed by atoms with van der Waals surface area (Å²) in [6.07, 6.45) is 9.21. The van der Waals surface area contributed by atoms with Crippen molar-refractivity contribution < 1.29 is 4.79 Å². The molecule has 0 spiro atoms. The predicted molar refractivity (Wildman–Crippen MR) is 85.4 cm³/mol. The van der Waals surface area contributed by atoms with E-state index in [0.29, 0.717) is 23.4 Å². The topological polar surface area (TPSA) is 83.8 Å². The summed E-state index contributed by atoms with van der Waals surface area (Å²) in [5.74, 6) is 1.08. The van der Waals surface area contributed by atoms with E-state index >= 15 is 0 Å². The van der Waals surface area contributed by atoms with Crippen LogP contribution in [0.5, 0.6) is 0 Å². The second-order valence-electron chi connectivity index (χ2n) is 6.78. The summed E-state index contributed by atoms with van der Waals surface area (Å²) < 4.78 is 0. The summed E-state index contributed by atoms with van der Waals surface area (Å²) in [5.41, 5.74) is 7.61. The van der Waals surface area contributed by atoms with Crippen molar-refractivity contribution >= 4 is 16.9 Å². The lowest BCUT2D eigenvalue weighted by molar-refractivity contribution is 0.0757. The molecule has 1 amide bonds. The Balaban J connectivity index is 1.57. The first-order valence-corrected chi connectivity index (χ1v) is 8.21. The van der Waals surface area contributed by atoms with Crippen LogP contribution in [0.15, 0.2) is 24.5 Å². The molecule has 5 nitrogen and oxygen atoms in total. The van der Waals surface area contributed by atoms with E-state index in [1.54, 1.807) is 12.4 Å². The molecule has 0 saturated heterocycles. The van der Waals surface area contributed by atoms with Gasteiger partial charge in [-0.3, -0.25) is 4.79 Å². The van der Waals surface area contributed by atoms with Gasteiger partial charge in [0, 0.05) is 29.9 Å². The van der Waals surface area contributed by atoms with E-state index in [4.69, 9.17) is 5.73 Å². The van der Waals surface area contributed by atoms with Crippen molar-refractivity contribution in [1.82, 2.24) is 15.3 Å². The molecule has 116 valence electrons. The lowest BCUT2D eigenvalue weighted by atomic mass is 9.67. The van der Waals surface area contributed by atoms with Crippen molar-refractivity contribution in [3.63, 3.8) is 0 Å². The van der Waals surface area contributed by atoms with Crippen molar-refractivity contribution in [2.75, 3.05) is 0 Å². The Morgan fingerprint density at radius 1 is 1.32 bits per heavy atom. The van der Waals surface area contributed by atoms with Gasteiger partial charge in [-0.25, -0.2) is 4.98 Å². The lowest BCUT2D eigenvalue weighted by Crippen LogP contribution is -2.53. The van der Waals surface area contributed by atoms with E-state index in [9.17, 15) is 4.79 Å². The molecule has 2 unspecified atom stereocenters. The van der Waals surface area contributed by atoms with Crippen LogP contribution in [0.4, 0.5) is 0 Å². The van der Waals surface area contributed by atoms with Crippen LogP contribution in [0.1, 0.15) is 42.5 Å². The van der Waals surface area contributed by atoms with Gasteiger partial charge < -0.3 is 16.0 Å². The standard InChI is InChI=1S/C17H22N4O/c18-12-7-10-3-1-4-11(8-12)15(10)21-17(22)14-9-20-16-13(14)5-2-6-19-16/h2,5-6,9-12,15H,1,3-4,7-8,18H2,(H,19,20)(H,21,22). The Kier molecular flexibility index (Phi) is 3.37. The fraction of sp³-hybridized carbons (Fsp3) is 0.529. The fourth-order valence-electron chi connectivity index (χ4n) is 4.40. The second kappa shape index (κ2) is 5.39. The first kappa shape index (κ1) is 13.8. The van der Waals surface area contributed by atoms with Gasteiger partial charge in [0.2, 0.25) is 0 Å². The van der Waals surface area contributed by atoms with E-state index < -0.39 is 0 Å². The molecule has 2 aromatic rings. The Bertz CT molecular complexity index is 681. The molecular formula is C17H22N4O. The van der Waals surface area contributed by atoms with Gasteiger partial charge in [-0.15, -0.1) is 0 Å². The first-order chi connectivity index (χ1) is 10.7. The highest BCUT2D eigenvalue weighted by atomic mass is 16.1. The third-order valence-corrected chi connectivity index (χ3v) is 5.37. The zero-order chi connectivity index (χ0) is 15.1. The molecule has 2 heterocycles. The molecule has 2 aliphatic rings. The van der Waals surface area contributed by atoms with Crippen LogP contribution < -0.4 is 11.1 Å². The van der Waals surface area contributed by atoms with Crippen molar-refractivity contribution in [3.05, 3.63) is 30.1 Å². The van der Waals surface area contributed by atoms with E-state index in [0.717, 1.165) is 23.9 Å². The van der Waals surface area contributed by atoms with E-state index in [2.05, 4.69) is 15.3 Å². The maximum Gasteiger partial charge on any atom is 0.253 e. The Morgan fingerprint density at radius 2 is 2.09 bits per heavy atom. The summed E-state index contributed by atoms with van der Waals surface area (Å²) in [6.45, 7) is 0. The lowest BCUT2D eigenvalue weighted by Gasteiger charge is -2.45. The number of hydrogen-bond donors (Lipinski definition) is 3. The van der Waals surface area contributed by atoms with Gasteiger partial charge in [-0.1, -0.05) is 6.42 Å². The van der Waals surface area contributed by atoms with Gasteiger partial charge in [0.15, 0.2) is 0 Å². The minimum absolute atomic E-state index is 0.0108. The van der Waals surface area contributed by atoms with Crippen LogP contribution in [0, 0.1) is 11.8 Å². The summed E-state index contributed by atoms with van der Waals surface area (Å²) in [7, 11) is 0.